The van der Waals surface area contributed by atoms with Gasteiger partial charge in [0.2, 0.25) is 12.7 Å². The first-order chi connectivity index (χ1) is 13.2. The fourth-order valence-electron chi connectivity index (χ4n) is 2.90. The van der Waals surface area contributed by atoms with Crippen molar-refractivity contribution >= 4 is 11.8 Å². The Kier molecular flexibility index (Phi) is 5.58. The number of benzene rings is 2. The first-order valence-electron chi connectivity index (χ1n) is 9.25. The van der Waals surface area contributed by atoms with Crippen LogP contribution in [0.4, 0.5) is 0 Å². The van der Waals surface area contributed by atoms with Crippen molar-refractivity contribution in [3.8, 4) is 11.5 Å². The number of likely N-dealkylation sites (N-methyl/N-ethyl adjacent to an activating group) is 1. The van der Waals surface area contributed by atoms with Crippen LogP contribution in [0, 0.1) is 0 Å². The molecule has 1 N–H and O–H groups in total. The molecular weight excluding hydrogens is 356 g/mol. The number of nitrogens with zero attached hydrogens (tertiary/aromatic N) is 1. The molecule has 0 aliphatic carbocycles. The van der Waals surface area contributed by atoms with E-state index in [9.17, 15) is 9.59 Å². The number of hydrogen-bond donors (Lipinski definition) is 1. The van der Waals surface area contributed by atoms with Crippen molar-refractivity contribution in [1.82, 2.24) is 10.2 Å². The number of fused-ring (bicyclic) bond motifs is 1. The highest BCUT2D eigenvalue weighted by atomic mass is 16.7. The van der Waals surface area contributed by atoms with Crippen LogP contribution in [0.5, 0.6) is 11.5 Å². The number of hydrogen-bond acceptors (Lipinski definition) is 4. The van der Waals surface area contributed by atoms with Gasteiger partial charge in [0.1, 0.15) is 0 Å². The lowest BCUT2D eigenvalue weighted by Crippen LogP contribution is -2.37. The molecule has 0 spiro atoms. The molecule has 0 fully saturated rings. The number of rotatable bonds is 5. The van der Waals surface area contributed by atoms with Crippen LogP contribution in [0.1, 0.15) is 42.3 Å². The molecule has 0 radical (unpaired) electrons. The molecule has 0 unspecified atom stereocenters. The lowest BCUT2D eigenvalue weighted by atomic mass is 9.87. The summed E-state index contributed by atoms with van der Waals surface area (Å²) in [6, 6.07) is 13.2. The SMILES string of the molecule is CN(Cc1ccc(C(C)(C)C)cc1)C(=O)CNC(=O)c1ccc2c(c1)OCO2. The van der Waals surface area contributed by atoms with Gasteiger partial charge in [0.25, 0.3) is 5.91 Å². The quantitative estimate of drug-likeness (QED) is 0.863. The lowest BCUT2D eigenvalue weighted by molar-refractivity contribution is -0.129. The summed E-state index contributed by atoms with van der Waals surface area (Å²) in [4.78, 5) is 26.2. The summed E-state index contributed by atoms with van der Waals surface area (Å²) < 4.78 is 10.5. The number of ether oxygens (including phenoxy) is 2. The van der Waals surface area contributed by atoms with Crippen molar-refractivity contribution in [1.29, 1.82) is 0 Å². The van der Waals surface area contributed by atoms with Gasteiger partial charge >= 0.3 is 0 Å². The van der Waals surface area contributed by atoms with Crippen LogP contribution in [0.2, 0.25) is 0 Å². The monoisotopic (exact) mass is 382 g/mol. The van der Waals surface area contributed by atoms with E-state index in [0.717, 1.165) is 5.56 Å². The first-order valence-corrected chi connectivity index (χ1v) is 9.25. The second kappa shape index (κ2) is 7.92. The molecule has 6 nitrogen and oxygen atoms in total. The fourth-order valence-corrected chi connectivity index (χ4v) is 2.90. The molecule has 0 bridgehead atoms. The van der Waals surface area contributed by atoms with E-state index in [2.05, 4.69) is 38.2 Å². The van der Waals surface area contributed by atoms with E-state index >= 15 is 0 Å². The summed E-state index contributed by atoms with van der Waals surface area (Å²) in [7, 11) is 1.73. The van der Waals surface area contributed by atoms with Crippen molar-refractivity contribution in [2.45, 2.75) is 32.7 Å². The third-order valence-electron chi connectivity index (χ3n) is 4.70. The lowest BCUT2D eigenvalue weighted by Gasteiger charge is -2.21. The average Bonchev–Trinajstić information content (AvgIpc) is 3.13. The Morgan fingerprint density at radius 3 is 2.39 bits per heavy atom. The molecule has 0 atom stereocenters. The minimum absolute atomic E-state index is 0.0656. The zero-order valence-corrected chi connectivity index (χ0v) is 16.7. The number of carbonyl (C=O) groups is 2. The third kappa shape index (κ3) is 4.63. The molecule has 6 heteroatoms. The predicted octanol–water partition coefficient (Wildman–Crippen LogP) is 3.10. The van der Waals surface area contributed by atoms with E-state index in [-0.39, 0.29) is 30.6 Å². The van der Waals surface area contributed by atoms with Gasteiger partial charge in [0.15, 0.2) is 11.5 Å². The molecule has 1 aliphatic rings. The van der Waals surface area contributed by atoms with Crippen LogP contribution in [0.15, 0.2) is 42.5 Å². The van der Waals surface area contributed by atoms with E-state index in [1.807, 2.05) is 12.1 Å². The summed E-state index contributed by atoms with van der Waals surface area (Å²) in [5.41, 5.74) is 2.82. The Bertz CT molecular complexity index is 869. The molecule has 2 aromatic carbocycles. The third-order valence-corrected chi connectivity index (χ3v) is 4.70. The van der Waals surface area contributed by atoms with Crippen LogP contribution >= 0.6 is 0 Å². The summed E-state index contributed by atoms with van der Waals surface area (Å²) in [6.45, 7) is 7.08. The fraction of sp³-hybridized carbons (Fsp3) is 0.364. The van der Waals surface area contributed by atoms with E-state index in [1.54, 1.807) is 30.1 Å². The molecule has 3 rings (SSSR count). The van der Waals surface area contributed by atoms with Crippen molar-refractivity contribution in [3.05, 3.63) is 59.2 Å². The number of amides is 2. The molecule has 1 heterocycles. The maximum absolute atomic E-state index is 12.4. The van der Waals surface area contributed by atoms with Crippen LogP contribution in [0.3, 0.4) is 0 Å². The largest absolute Gasteiger partial charge is 0.454 e. The standard InChI is InChI=1S/C22H26N2O4/c1-22(2,3)17-8-5-15(6-9-17)13-24(4)20(25)12-23-21(26)16-7-10-18-19(11-16)28-14-27-18/h5-11H,12-14H2,1-4H3,(H,23,26). The topological polar surface area (TPSA) is 67.9 Å². The highest BCUT2D eigenvalue weighted by Gasteiger charge is 2.18. The van der Waals surface area contributed by atoms with Crippen molar-refractivity contribution < 1.29 is 19.1 Å². The number of carbonyl (C=O) groups excluding carboxylic acids is 2. The second-order valence-electron chi connectivity index (χ2n) is 7.95. The molecule has 2 amide bonds. The normalized spacial score (nSPS) is 12.6. The minimum Gasteiger partial charge on any atom is -0.454 e. The van der Waals surface area contributed by atoms with Gasteiger partial charge in [0.05, 0.1) is 6.54 Å². The molecule has 1 aliphatic heterocycles. The van der Waals surface area contributed by atoms with Gasteiger partial charge in [-0.15, -0.1) is 0 Å². The first kappa shape index (κ1) is 19.7. The zero-order chi connectivity index (χ0) is 20.3. The molecule has 0 saturated carbocycles. The number of nitrogens with one attached hydrogen (secondary N) is 1. The Morgan fingerprint density at radius 2 is 1.71 bits per heavy atom. The summed E-state index contributed by atoms with van der Waals surface area (Å²) >= 11 is 0. The Hall–Kier alpha value is -3.02. The minimum atomic E-state index is -0.324. The van der Waals surface area contributed by atoms with Gasteiger partial charge < -0.3 is 19.7 Å². The molecular formula is C22H26N2O4. The molecule has 2 aromatic rings. The second-order valence-corrected chi connectivity index (χ2v) is 7.95. The van der Waals surface area contributed by atoms with Crippen LogP contribution < -0.4 is 14.8 Å². The van der Waals surface area contributed by atoms with Crippen molar-refractivity contribution in [2.75, 3.05) is 20.4 Å². The average molecular weight is 382 g/mol. The van der Waals surface area contributed by atoms with E-state index in [0.29, 0.717) is 23.6 Å². The Balaban J connectivity index is 1.52. The van der Waals surface area contributed by atoms with Gasteiger partial charge in [-0.2, -0.15) is 0 Å². The van der Waals surface area contributed by atoms with Gasteiger partial charge in [-0.25, -0.2) is 0 Å². The summed E-state index contributed by atoms with van der Waals surface area (Å²) in [5.74, 6) is 0.670. The molecule has 0 aromatic heterocycles. The Labute approximate surface area is 165 Å². The maximum atomic E-state index is 12.4. The summed E-state index contributed by atoms with van der Waals surface area (Å²) in [5, 5.41) is 2.66. The van der Waals surface area contributed by atoms with Gasteiger partial charge in [-0.3, -0.25) is 9.59 Å². The van der Waals surface area contributed by atoms with Crippen LogP contribution in [-0.2, 0) is 16.8 Å². The van der Waals surface area contributed by atoms with Crippen LogP contribution in [0.25, 0.3) is 0 Å². The van der Waals surface area contributed by atoms with E-state index in [4.69, 9.17) is 9.47 Å². The van der Waals surface area contributed by atoms with Crippen LogP contribution in [-0.4, -0.2) is 37.1 Å². The predicted molar refractivity (Wildman–Crippen MR) is 107 cm³/mol. The molecule has 0 saturated heterocycles. The van der Waals surface area contributed by atoms with Gasteiger partial charge in [-0.1, -0.05) is 45.0 Å². The van der Waals surface area contributed by atoms with Crippen molar-refractivity contribution in [2.24, 2.45) is 0 Å². The highest BCUT2D eigenvalue weighted by Crippen LogP contribution is 2.32. The zero-order valence-electron chi connectivity index (χ0n) is 16.7. The smallest absolute Gasteiger partial charge is 0.251 e. The summed E-state index contributed by atoms with van der Waals surface area (Å²) in [6.07, 6.45) is 0. The molecule has 28 heavy (non-hydrogen) atoms. The maximum Gasteiger partial charge on any atom is 0.251 e. The Morgan fingerprint density at radius 1 is 1.04 bits per heavy atom. The van der Waals surface area contributed by atoms with Gasteiger partial charge in [-0.05, 0) is 34.7 Å². The highest BCUT2D eigenvalue weighted by molar-refractivity contribution is 5.97. The van der Waals surface area contributed by atoms with Gasteiger partial charge in [0, 0.05) is 19.2 Å². The van der Waals surface area contributed by atoms with E-state index < -0.39 is 0 Å². The molecule has 148 valence electrons. The van der Waals surface area contributed by atoms with Crippen molar-refractivity contribution in [3.63, 3.8) is 0 Å². The van der Waals surface area contributed by atoms with E-state index in [1.165, 1.54) is 5.56 Å².